The van der Waals surface area contributed by atoms with Gasteiger partial charge in [-0.15, -0.1) is 0 Å². The second-order valence-corrected chi connectivity index (χ2v) is 7.36. The average Bonchev–Trinajstić information content (AvgIpc) is 2.85. The van der Waals surface area contributed by atoms with Crippen LogP contribution in [0.2, 0.25) is 13.1 Å². The number of hydrogen-bond acceptors (Lipinski definition) is 2. The van der Waals surface area contributed by atoms with Gasteiger partial charge in [0.15, 0.2) is 0 Å². The zero-order valence-electron chi connectivity index (χ0n) is 12.4. The van der Waals surface area contributed by atoms with Crippen molar-refractivity contribution in [1.29, 1.82) is 0 Å². The van der Waals surface area contributed by atoms with Gasteiger partial charge >= 0.3 is 0 Å². The van der Waals surface area contributed by atoms with Gasteiger partial charge in [-0.1, -0.05) is 6.07 Å². The monoisotopic (exact) mass is 275 g/mol. The fourth-order valence-electron chi connectivity index (χ4n) is 2.30. The molecule has 1 aromatic carbocycles. The van der Waals surface area contributed by atoms with E-state index in [-0.39, 0.29) is 0 Å². The zero-order chi connectivity index (χ0) is 13.8. The molecule has 0 amide bonds. The molecule has 0 aliphatic carbocycles. The van der Waals surface area contributed by atoms with Gasteiger partial charge in [0, 0.05) is 13.1 Å². The summed E-state index contributed by atoms with van der Waals surface area (Å²) in [6, 6.07) is 6.25. The highest BCUT2D eigenvalue weighted by Gasteiger charge is 2.14. The molecule has 1 saturated heterocycles. The highest BCUT2D eigenvalue weighted by atomic mass is 28.3. The van der Waals surface area contributed by atoms with Crippen LogP contribution >= 0.6 is 0 Å². The van der Waals surface area contributed by atoms with Crippen molar-refractivity contribution in [3.05, 3.63) is 23.8 Å². The maximum Gasteiger partial charge on any atom is 0.274 e. The minimum atomic E-state index is -0.762. The summed E-state index contributed by atoms with van der Waals surface area (Å²) >= 11 is 0. The fourth-order valence-corrected chi connectivity index (χ4v) is 2.90. The van der Waals surface area contributed by atoms with E-state index in [0.717, 1.165) is 30.4 Å². The van der Waals surface area contributed by atoms with Gasteiger partial charge in [0.1, 0.15) is 17.3 Å². The van der Waals surface area contributed by atoms with Gasteiger partial charge < -0.3 is 9.33 Å². The van der Waals surface area contributed by atoms with Crippen molar-refractivity contribution in [3.8, 4) is 5.75 Å². The highest BCUT2D eigenvalue weighted by Crippen LogP contribution is 2.29. The van der Waals surface area contributed by atoms with E-state index in [1.165, 1.54) is 18.4 Å². The molecule has 1 aliphatic heterocycles. The van der Waals surface area contributed by atoms with Crippen molar-refractivity contribution in [3.63, 3.8) is 0 Å². The Morgan fingerprint density at radius 2 is 1.95 bits per heavy atom. The third-order valence-corrected chi connectivity index (χ3v) is 3.90. The topological polar surface area (TPSA) is 24.8 Å². The smallest absolute Gasteiger partial charge is 0.274 e. The number of nitrogens with zero attached hydrogens (tertiary/aromatic N) is 2. The summed E-state index contributed by atoms with van der Waals surface area (Å²) in [7, 11) is -0.762. The van der Waals surface area contributed by atoms with Crippen LogP contribution in [0, 0.1) is 6.92 Å². The Kier molecular flexibility index (Phi) is 4.64. The van der Waals surface area contributed by atoms with Crippen LogP contribution in [0.15, 0.2) is 23.2 Å². The summed E-state index contributed by atoms with van der Waals surface area (Å²) in [5, 5.41) is 0. The summed E-state index contributed by atoms with van der Waals surface area (Å²) in [5.74, 6) is 2.03. The summed E-state index contributed by atoms with van der Waals surface area (Å²) < 4.78 is 5.97. The molecule has 0 unspecified atom stereocenters. The predicted octanol–water partition coefficient (Wildman–Crippen LogP) is 3.77. The zero-order valence-corrected chi connectivity index (χ0v) is 13.4. The molecule has 1 aromatic rings. The first-order valence-corrected chi connectivity index (χ1v) is 9.36. The first-order chi connectivity index (χ1) is 9.06. The standard InChI is InChI=1S/C15H23N2OSi/c1-12-7-8-14(15(11-12)18-19(3)4)16-13(2)17-9-5-6-10-17/h7-8,11H,5-6,9-10H2,1-4H3. The molecule has 3 nitrogen and oxygen atoms in total. The fraction of sp³-hybridized carbons (Fsp3) is 0.533. The lowest BCUT2D eigenvalue weighted by Crippen LogP contribution is -2.24. The maximum absolute atomic E-state index is 5.97. The Bertz CT molecular complexity index is 465. The molecule has 0 spiro atoms. The minimum absolute atomic E-state index is 0.762. The Hall–Kier alpha value is -1.29. The van der Waals surface area contributed by atoms with E-state index in [9.17, 15) is 0 Å². The van der Waals surface area contributed by atoms with E-state index in [4.69, 9.17) is 9.42 Å². The van der Waals surface area contributed by atoms with Crippen molar-refractivity contribution in [1.82, 2.24) is 4.90 Å². The van der Waals surface area contributed by atoms with Gasteiger partial charge in [-0.25, -0.2) is 4.99 Å². The molecule has 0 saturated carbocycles. The molecule has 0 aromatic heterocycles. The summed E-state index contributed by atoms with van der Waals surface area (Å²) in [6.45, 7) is 10.7. The second kappa shape index (κ2) is 6.24. The number of aryl methyl sites for hydroxylation is 1. The van der Waals surface area contributed by atoms with Crippen molar-refractivity contribution in [2.24, 2.45) is 4.99 Å². The molecule has 1 fully saturated rings. The quantitative estimate of drug-likeness (QED) is 0.476. The lowest BCUT2D eigenvalue weighted by molar-refractivity contribution is 0.516. The van der Waals surface area contributed by atoms with Crippen LogP contribution in [0.3, 0.4) is 0 Å². The molecule has 1 aliphatic rings. The first-order valence-electron chi connectivity index (χ1n) is 6.95. The summed E-state index contributed by atoms with van der Waals surface area (Å²) in [5.41, 5.74) is 2.18. The van der Waals surface area contributed by atoms with E-state index in [2.05, 4.69) is 50.0 Å². The summed E-state index contributed by atoms with van der Waals surface area (Å²) in [4.78, 5) is 7.12. The molecule has 1 heterocycles. The third kappa shape index (κ3) is 3.83. The van der Waals surface area contributed by atoms with E-state index >= 15 is 0 Å². The van der Waals surface area contributed by atoms with Crippen LogP contribution in [0.25, 0.3) is 0 Å². The maximum atomic E-state index is 5.97. The lowest BCUT2D eigenvalue weighted by atomic mass is 10.2. The number of aliphatic imine (C=N–C) groups is 1. The summed E-state index contributed by atoms with van der Waals surface area (Å²) in [6.07, 6.45) is 2.56. The van der Waals surface area contributed by atoms with Crippen LogP contribution in [-0.2, 0) is 0 Å². The van der Waals surface area contributed by atoms with E-state index in [0.29, 0.717) is 0 Å². The van der Waals surface area contributed by atoms with Crippen LogP contribution in [0.1, 0.15) is 25.3 Å². The largest absolute Gasteiger partial charge is 0.541 e. The van der Waals surface area contributed by atoms with Gasteiger partial charge in [0.05, 0.1) is 0 Å². The molecule has 0 bridgehead atoms. The van der Waals surface area contributed by atoms with E-state index in [1.54, 1.807) is 0 Å². The average molecular weight is 275 g/mol. The molecule has 0 N–H and O–H groups in total. The highest BCUT2D eigenvalue weighted by molar-refractivity contribution is 6.49. The van der Waals surface area contributed by atoms with Crippen LogP contribution in [0.4, 0.5) is 5.69 Å². The number of rotatable bonds is 3. The van der Waals surface area contributed by atoms with Crippen molar-refractivity contribution < 1.29 is 4.43 Å². The lowest BCUT2D eigenvalue weighted by Gasteiger charge is -2.18. The van der Waals surface area contributed by atoms with Crippen molar-refractivity contribution in [2.45, 2.75) is 39.8 Å². The SMILES string of the molecule is CC(=Nc1ccc(C)cc1O[Si](C)C)N1CCCC1. The van der Waals surface area contributed by atoms with Gasteiger partial charge in [-0.05, 0) is 57.5 Å². The molecule has 0 atom stereocenters. The molecule has 2 rings (SSSR count). The first kappa shape index (κ1) is 14.1. The molecular weight excluding hydrogens is 252 g/mol. The molecule has 1 radical (unpaired) electrons. The van der Waals surface area contributed by atoms with Crippen LogP contribution in [-0.4, -0.2) is 32.9 Å². The molecular formula is C15H23N2OSi. The van der Waals surface area contributed by atoms with Crippen LogP contribution in [0.5, 0.6) is 5.75 Å². The number of likely N-dealkylation sites (tertiary alicyclic amines) is 1. The van der Waals surface area contributed by atoms with Crippen molar-refractivity contribution in [2.75, 3.05) is 13.1 Å². The third-order valence-electron chi connectivity index (χ3n) is 3.28. The Morgan fingerprint density at radius 3 is 2.58 bits per heavy atom. The van der Waals surface area contributed by atoms with Gasteiger partial charge in [-0.2, -0.15) is 0 Å². The number of benzene rings is 1. The Morgan fingerprint density at radius 1 is 1.26 bits per heavy atom. The Labute approximate surface area is 118 Å². The molecule has 19 heavy (non-hydrogen) atoms. The number of hydrogen-bond donors (Lipinski definition) is 0. The Balaban J connectivity index is 2.25. The van der Waals surface area contributed by atoms with E-state index in [1.807, 2.05) is 0 Å². The second-order valence-electron chi connectivity index (χ2n) is 5.33. The normalized spacial score (nSPS) is 16.3. The van der Waals surface area contributed by atoms with Gasteiger partial charge in [-0.3, -0.25) is 0 Å². The number of amidine groups is 1. The van der Waals surface area contributed by atoms with Crippen LogP contribution < -0.4 is 4.43 Å². The molecule has 103 valence electrons. The van der Waals surface area contributed by atoms with Crippen molar-refractivity contribution >= 4 is 20.6 Å². The van der Waals surface area contributed by atoms with Gasteiger partial charge in [0.2, 0.25) is 0 Å². The minimum Gasteiger partial charge on any atom is -0.541 e. The molecule has 4 heteroatoms. The van der Waals surface area contributed by atoms with E-state index < -0.39 is 9.04 Å². The predicted molar refractivity (Wildman–Crippen MR) is 82.9 cm³/mol. The van der Waals surface area contributed by atoms with Gasteiger partial charge in [0.25, 0.3) is 9.04 Å².